The number of ether oxygens (including phenoxy) is 1. The molecule has 2 aromatic carbocycles. The van der Waals surface area contributed by atoms with Crippen molar-refractivity contribution in [1.82, 2.24) is 19.7 Å². The third-order valence-corrected chi connectivity index (χ3v) is 5.93. The van der Waals surface area contributed by atoms with Gasteiger partial charge in [0.15, 0.2) is 5.82 Å². The van der Waals surface area contributed by atoms with Gasteiger partial charge in [0.25, 0.3) is 0 Å². The predicted molar refractivity (Wildman–Crippen MR) is 133 cm³/mol. The minimum absolute atomic E-state index is 0.0360. The van der Waals surface area contributed by atoms with Crippen LogP contribution in [-0.2, 0) is 5.41 Å². The summed E-state index contributed by atoms with van der Waals surface area (Å²) < 4.78 is 8.18. The topological polar surface area (TPSA) is 46.4 Å². The first kappa shape index (κ1) is 21.1. The van der Waals surface area contributed by atoms with Gasteiger partial charge < -0.3 is 14.5 Å². The quantitative estimate of drug-likeness (QED) is 0.390. The number of hydrogen-bond acceptors (Lipinski definition) is 5. The third kappa shape index (κ3) is 4.16. The highest BCUT2D eigenvalue weighted by atomic mass is 16.5. The lowest BCUT2D eigenvalue weighted by molar-refractivity contribution is 0.481. The SMILES string of the molecule is Cc1nn(-c2cc(C(C)(C)C)ccn2)c2cc(Oc3cccc(N4C=CN(C)C4)c3)ccc12. The zero-order valence-corrected chi connectivity index (χ0v) is 19.8. The molecule has 5 rings (SSSR count). The second-order valence-electron chi connectivity index (χ2n) is 9.59. The molecule has 0 amide bonds. The normalized spacial score (nSPS) is 13.8. The van der Waals surface area contributed by atoms with Gasteiger partial charge in [0.2, 0.25) is 0 Å². The Labute approximate surface area is 194 Å². The molecule has 0 N–H and O–H groups in total. The summed E-state index contributed by atoms with van der Waals surface area (Å²) in [6.45, 7) is 9.46. The fourth-order valence-electron chi connectivity index (χ4n) is 4.05. The first-order valence-electron chi connectivity index (χ1n) is 11.2. The molecule has 0 aliphatic carbocycles. The van der Waals surface area contributed by atoms with Gasteiger partial charge in [-0.15, -0.1) is 0 Å². The van der Waals surface area contributed by atoms with Crippen molar-refractivity contribution < 1.29 is 4.74 Å². The van der Waals surface area contributed by atoms with Crippen molar-refractivity contribution in [2.75, 3.05) is 18.6 Å². The maximum absolute atomic E-state index is 6.27. The number of benzene rings is 2. The smallest absolute Gasteiger partial charge is 0.154 e. The number of aromatic nitrogens is 3. The molecule has 1 aliphatic heterocycles. The lowest BCUT2D eigenvalue weighted by Crippen LogP contribution is -2.21. The van der Waals surface area contributed by atoms with Crippen LogP contribution in [0.4, 0.5) is 5.69 Å². The van der Waals surface area contributed by atoms with Crippen LogP contribution >= 0.6 is 0 Å². The molecule has 0 bridgehead atoms. The van der Waals surface area contributed by atoms with Gasteiger partial charge in [0.05, 0.1) is 17.9 Å². The Bertz CT molecular complexity index is 1350. The fraction of sp³-hybridized carbons (Fsp3) is 0.259. The van der Waals surface area contributed by atoms with Crippen molar-refractivity contribution in [3.05, 3.63) is 84.5 Å². The molecule has 0 atom stereocenters. The Kier molecular flexibility index (Phi) is 5.08. The Morgan fingerprint density at radius 2 is 1.76 bits per heavy atom. The lowest BCUT2D eigenvalue weighted by atomic mass is 9.88. The van der Waals surface area contributed by atoms with Gasteiger partial charge in [0.1, 0.15) is 11.5 Å². The van der Waals surface area contributed by atoms with Crippen molar-refractivity contribution in [2.24, 2.45) is 0 Å². The summed E-state index contributed by atoms with van der Waals surface area (Å²) in [5.74, 6) is 2.37. The van der Waals surface area contributed by atoms with Crippen molar-refractivity contribution in [3.63, 3.8) is 0 Å². The van der Waals surface area contributed by atoms with E-state index in [1.807, 2.05) is 42.1 Å². The molecular formula is C27H29N5O. The number of pyridine rings is 1. The van der Waals surface area contributed by atoms with Gasteiger partial charge in [-0.2, -0.15) is 5.10 Å². The molecule has 0 unspecified atom stereocenters. The molecule has 0 saturated heterocycles. The predicted octanol–water partition coefficient (Wildman–Crippen LogP) is 6.00. The molecule has 0 fully saturated rings. The Morgan fingerprint density at radius 3 is 2.52 bits per heavy atom. The molecule has 168 valence electrons. The maximum atomic E-state index is 6.27. The van der Waals surface area contributed by atoms with Crippen LogP contribution in [0.15, 0.2) is 73.2 Å². The second-order valence-corrected chi connectivity index (χ2v) is 9.59. The van der Waals surface area contributed by atoms with Gasteiger partial charge in [-0.05, 0) is 54.3 Å². The summed E-state index contributed by atoms with van der Waals surface area (Å²) in [5.41, 5.74) is 4.29. The minimum Gasteiger partial charge on any atom is -0.457 e. The molecule has 1 aliphatic rings. The van der Waals surface area contributed by atoms with Gasteiger partial charge in [-0.1, -0.05) is 26.8 Å². The van der Waals surface area contributed by atoms with Crippen LogP contribution in [0.5, 0.6) is 11.5 Å². The van der Waals surface area contributed by atoms with Gasteiger partial charge in [0, 0.05) is 48.9 Å². The van der Waals surface area contributed by atoms with E-state index in [1.54, 1.807) is 0 Å². The van der Waals surface area contributed by atoms with E-state index in [2.05, 4.69) is 85.3 Å². The summed E-state index contributed by atoms with van der Waals surface area (Å²) in [7, 11) is 2.06. The average molecular weight is 440 g/mol. The Morgan fingerprint density at radius 1 is 0.939 bits per heavy atom. The summed E-state index contributed by atoms with van der Waals surface area (Å²) in [6, 6.07) is 18.4. The van der Waals surface area contributed by atoms with Gasteiger partial charge >= 0.3 is 0 Å². The molecule has 2 aromatic heterocycles. The fourth-order valence-corrected chi connectivity index (χ4v) is 4.05. The largest absolute Gasteiger partial charge is 0.457 e. The molecule has 33 heavy (non-hydrogen) atoms. The van der Waals surface area contributed by atoms with Crippen molar-refractivity contribution >= 4 is 16.6 Å². The highest BCUT2D eigenvalue weighted by Gasteiger charge is 2.17. The van der Waals surface area contributed by atoms with Crippen molar-refractivity contribution in [2.45, 2.75) is 33.1 Å². The maximum Gasteiger partial charge on any atom is 0.154 e. The third-order valence-electron chi connectivity index (χ3n) is 5.93. The first-order chi connectivity index (χ1) is 15.8. The molecule has 6 nitrogen and oxygen atoms in total. The van der Waals surface area contributed by atoms with Crippen molar-refractivity contribution in [1.29, 1.82) is 0 Å². The van der Waals surface area contributed by atoms with E-state index >= 15 is 0 Å². The van der Waals surface area contributed by atoms with Gasteiger partial charge in [-0.3, -0.25) is 0 Å². The molecule has 0 radical (unpaired) electrons. The van der Waals surface area contributed by atoms with Crippen LogP contribution in [0.1, 0.15) is 32.0 Å². The zero-order valence-electron chi connectivity index (χ0n) is 19.8. The monoisotopic (exact) mass is 439 g/mol. The van der Waals surface area contributed by atoms with Crippen LogP contribution in [-0.4, -0.2) is 33.4 Å². The van der Waals surface area contributed by atoms with Crippen LogP contribution in [0.25, 0.3) is 16.7 Å². The Hall–Kier alpha value is -3.80. The lowest BCUT2D eigenvalue weighted by Gasteiger charge is -2.19. The summed E-state index contributed by atoms with van der Waals surface area (Å²) in [6.07, 6.45) is 5.99. The highest BCUT2D eigenvalue weighted by Crippen LogP contribution is 2.31. The van der Waals surface area contributed by atoms with Crippen molar-refractivity contribution in [3.8, 4) is 17.3 Å². The molecule has 0 spiro atoms. The minimum atomic E-state index is 0.0360. The van der Waals surface area contributed by atoms with E-state index in [1.165, 1.54) is 5.56 Å². The molecular weight excluding hydrogens is 410 g/mol. The van der Waals surface area contributed by atoms with Crippen LogP contribution < -0.4 is 9.64 Å². The number of nitrogens with zero attached hydrogens (tertiary/aromatic N) is 5. The molecule has 4 aromatic rings. The summed E-state index contributed by atoms with van der Waals surface area (Å²) in [5, 5.41) is 5.87. The van der Waals surface area contributed by atoms with Crippen LogP contribution in [0.3, 0.4) is 0 Å². The number of rotatable bonds is 4. The average Bonchev–Trinajstić information content (AvgIpc) is 3.37. The summed E-state index contributed by atoms with van der Waals surface area (Å²) in [4.78, 5) is 8.92. The highest BCUT2D eigenvalue weighted by molar-refractivity contribution is 5.84. The van der Waals surface area contributed by atoms with E-state index in [-0.39, 0.29) is 5.41 Å². The second kappa shape index (κ2) is 7.96. The van der Waals surface area contributed by atoms with Gasteiger partial charge in [-0.25, -0.2) is 9.67 Å². The van der Waals surface area contributed by atoms with Crippen LogP contribution in [0, 0.1) is 6.92 Å². The Balaban J connectivity index is 1.49. The van der Waals surface area contributed by atoms with E-state index in [0.717, 1.165) is 46.3 Å². The van der Waals surface area contributed by atoms with E-state index in [4.69, 9.17) is 9.84 Å². The first-order valence-corrected chi connectivity index (χ1v) is 11.2. The standard InChI is InChI=1S/C27H29N5O/c1-19-24-10-9-23(33-22-8-6-7-21(16-22)31-14-13-30(5)18-31)17-25(24)32(29-19)26-15-20(11-12-28-26)27(2,3)4/h6-17H,18H2,1-5H3. The number of aryl methyl sites for hydroxylation is 1. The van der Waals surface area contributed by atoms with Crippen LogP contribution in [0.2, 0.25) is 0 Å². The van der Waals surface area contributed by atoms with E-state index in [9.17, 15) is 0 Å². The van der Waals surface area contributed by atoms with E-state index < -0.39 is 0 Å². The number of anilines is 1. The summed E-state index contributed by atoms with van der Waals surface area (Å²) >= 11 is 0. The zero-order chi connectivity index (χ0) is 23.2. The number of fused-ring (bicyclic) bond motifs is 1. The molecule has 0 saturated carbocycles. The van der Waals surface area contributed by atoms with E-state index in [0.29, 0.717) is 0 Å². The molecule has 3 heterocycles. The molecule has 6 heteroatoms. The number of hydrogen-bond donors (Lipinski definition) is 0.